The van der Waals surface area contributed by atoms with Crippen molar-refractivity contribution in [1.82, 2.24) is 10.2 Å². The van der Waals surface area contributed by atoms with E-state index in [0.29, 0.717) is 5.91 Å². The second-order valence-electron chi connectivity index (χ2n) is 6.52. The molecule has 0 radical (unpaired) electrons. The summed E-state index contributed by atoms with van der Waals surface area (Å²) in [5.74, 6) is 0.761. The molecule has 0 aliphatic heterocycles. The van der Waals surface area contributed by atoms with E-state index in [1.54, 1.807) is 0 Å². The number of hydrogen-bond donors (Lipinski definition) is 1. The van der Waals surface area contributed by atoms with Crippen molar-refractivity contribution in [3.63, 3.8) is 0 Å². The summed E-state index contributed by atoms with van der Waals surface area (Å²) in [6.45, 7) is 8.88. The first-order chi connectivity index (χ1) is 10.6. The van der Waals surface area contributed by atoms with Gasteiger partial charge in [-0.3, -0.25) is 9.59 Å². The lowest BCUT2D eigenvalue weighted by atomic mass is 9.81. The van der Waals surface area contributed by atoms with Gasteiger partial charge in [-0.2, -0.15) is 0 Å². The highest BCUT2D eigenvalue weighted by Gasteiger charge is 2.31. The monoisotopic (exact) mass is 310 g/mol. The number of carbonyl (C=O) groups is 2. The molecule has 0 unspecified atom stereocenters. The molecular formula is C18H34N2O2. The quantitative estimate of drug-likeness (QED) is 0.664. The molecule has 2 amide bonds. The summed E-state index contributed by atoms with van der Waals surface area (Å²) in [7, 11) is 0. The minimum atomic E-state index is 0.117. The molecule has 4 nitrogen and oxygen atoms in total. The Morgan fingerprint density at radius 2 is 1.45 bits per heavy atom. The van der Waals surface area contributed by atoms with Crippen molar-refractivity contribution in [3.8, 4) is 0 Å². The molecule has 0 spiro atoms. The zero-order valence-electron chi connectivity index (χ0n) is 14.7. The highest BCUT2D eigenvalue weighted by molar-refractivity contribution is 5.81. The summed E-state index contributed by atoms with van der Waals surface area (Å²) in [6, 6.07) is 0. The normalized spacial score (nSPS) is 21.4. The number of amides is 2. The van der Waals surface area contributed by atoms with E-state index in [4.69, 9.17) is 0 Å². The minimum absolute atomic E-state index is 0.117. The predicted octanol–water partition coefficient (Wildman–Crippen LogP) is 3.36. The van der Waals surface area contributed by atoms with Crippen LogP contribution in [0.1, 0.15) is 72.1 Å². The van der Waals surface area contributed by atoms with Crippen LogP contribution in [-0.4, -0.2) is 36.3 Å². The molecule has 0 aromatic carbocycles. The molecule has 1 saturated carbocycles. The Morgan fingerprint density at radius 3 is 1.95 bits per heavy atom. The second-order valence-corrected chi connectivity index (χ2v) is 6.52. The van der Waals surface area contributed by atoms with Crippen LogP contribution in [0.2, 0.25) is 0 Å². The van der Waals surface area contributed by atoms with Crippen LogP contribution in [-0.2, 0) is 9.59 Å². The molecule has 1 rings (SSSR count). The highest BCUT2D eigenvalue weighted by Crippen LogP contribution is 2.30. The van der Waals surface area contributed by atoms with E-state index < -0.39 is 0 Å². The Bertz CT molecular complexity index is 330. The zero-order valence-corrected chi connectivity index (χ0v) is 14.7. The fraction of sp³-hybridized carbons (Fsp3) is 0.889. The number of rotatable bonds is 9. The average molecular weight is 310 g/mol. The Hall–Kier alpha value is -1.06. The van der Waals surface area contributed by atoms with E-state index in [-0.39, 0.29) is 17.7 Å². The van der Waals surface area contributed by atoms with E-state index in [0.717, 1.165) is 71.0 Å². The van der Waals surface area contributed by atoms with Gasteiger partial charge in [0.1, 0.15) is 0 Å². The van der Waals surface area contributed by atoms with Crippen molar-refractivity contribution in [3.05, 3.63) is 0 Å². The molecule has 0 bridgehead atoms. The molecule has 0 aromatic heterocycles. The molecule has 4 heteroatoms. The Labute approximate surface area is 136 Å². The number of hydrogen-bond acceptors (Lipinski definition) is 2. The standard InChI is InChI=1S/C18H34N2O2/c1-4-7-12-19-17(21)15-8-10-16(11-9-15)18(22)20(13-5-2)14-6-3/h15-16H,4-14H2,1-3H3,(H,19,21). The van der Waals surface area contributed by atoms with Gasteiger partial charge < -0.3 is 10.2 Å². The minimum Gasteiger partial charge on any atom is -0.356 e. The Kier molecular flexibility index (Phi) is 9.17. The summed E-state index contributed by atoms with van der Waals surface area (Å²) in [4.78, 5) is 26.7. The second kappa shape index (κ2) is 10.6. The molecule has 1 N–H and O–H groups in total. The van der Waals surface area contributed by atoms with Crippen molar-refractivity contribution in [1.29, 1.82) is 0 Å². The van der Waals surface area contributed by atoms with Gasteiger partial charge >= 0.3 is 0 Å². The van der Waals surface area contributed by atoms with Crippen LogP contribution >= 0.6 is 0 Å². The summed E-state index contributed by atoms with van der Waals surface area (Å²) in [5.41, 5.74) is 0. The van der Waals surface area contributed by atoms with Gasteiger partial charge in [0.15, 0.2) is 0 Å². The predicted molar refractivity (Wildman–Crippen MR) is 90.5 cm³/mol. The van der Waals surface area contributed by atoms with Crippen molar-refractivity contribution in [2.75, 3.05) is 19.6 Å². The summed E-state index contributed by atoms with van der Waals surface area (Å²) in [5, 5.41) is 3.03. The first-order valence-corrected chi connectivity index (χ1v) is 9.20. The fourth-order valence-electron chi connectivity index (χ4n) is 3.27. The lowest BCUT2D eigenvalue weighted by Crippen LogP contribution is -2.40. The molecule has 0 aromatic rings. The van der Waals surface area contributed by atoms with E-state index >= 15 is 0 Å². The van der Waals surface area contributed by atoms with Gasteiger partial charge in [0.05, 0.1) is 0 Å². The van der Waals surface area contributed by atoms with Crippen LogP contribution in [0.3, 0.4) is 0 Å². The smallest absolute Gasteiger partial charge is 0.225 e. The summed E-state index contributed by atoms with van der Waals surface area (Å²) in [6.07, 6.45) is 7.64. The third-order valence-corrected chi connectivity index (χ3v) is 4.58. The van der Waals surface area contributed by atoms with Gasteiger partial charge in [0.25, 0.3) is 0 Å². The van der Waals surface area contributed by atoms with E-state index in [1.807, 2.05) is 4.90 Å². The maximum Gasteiger partial charge on any atom is 0.225 e. The Balaban J connectivity index is 2.40. The molecule has 1 aliphatic rings. The van der Waals surface area contributed by atoms with Gasteiger partial charge in [-0.05, 0) is 44.9 Å². The SMILES string of the molecule is CCCCNC(=O)C1CCC(C(=O)N(CCC)CCC)CC1. The highest BCUT2D eigenvalue weighted by atomic mass is 16.2. The summed E-state index contributed by atoms with van der Waals surface area (Å²) < 4.78 is 0. The van der Waals surface area contributed by atoms with Crippen molar-refractivity contribution >= 4 is 11.8 Å². The van der Waals surface area contributed by atoms with Gasteiger partial charge in [-0.1, -0.05) is 27.2 Å². The van der Waals surface area contributed by atoms with Crippen LogP contribution in [0.5, 0.6) is 0 Å². The van der Waals surface area contributed by atoms with Crippen LogP contribution in [0.15, 0.2) is 0 Å². The van der Waals surface area contributed by atoms with E-state index in [2.05, 4.69) is 26.1 Å². The maximum absolute atomic E-state index is 12.6. The van der Waals surface area contributed by atoms with Crippen LogP contribution in [0, 0.1) is 11.8 Å². The Morgan fingerprint density at radius 1 is 0.909 bits per heavy atom. The fourth-order valence-corrected chi connectivity index (χ4v) is 3.27. The van der Waals surface area contributed by atoms with Crippen molar-refractivity contribution in [2.45, 2.75) is 72.1 Å². The molecule has 22 heavy (non-hydrogen) atoms. The van der Waals surface area contributed by atoms with Crippen molar-refractivity contribution in [2.24, 2.45) is 11.8 Å². The topological polar surface area (TPSA) is 49.4 Å². The van der Waals surface area contributed by atoms with E-state index in [1.165, 1.54) is 0 Å². The van der Waals surface area contributed by atoms with Crippen LogP contribution in [0.4, 0.5) is 0 Å². The first-order valence-electron chi connectivity index (χ1n) is 9.20. The molecular weight excluding hydrogens is 276 g/mol. The lowest BCUT2D eigenvalue weighted by Gasteiger charge is -2.31. The van der Waals surface area contributed by atoms with Crippen LogP contribution < -0.4 is 5.32 Å². The van der Waals surface area contributed by atoms with Gasteiger partial charge in [0.2, 0.25) is 11.8 Å². The molecule has 1 fully saturated rings. The van der Waals surface area contributed by atoms with Gasteiger partial charge in [-0.15, -0.1) is 0 Å². The molecule has 128 valence electrons. The number of nitrogens with zero attached hydrogens (tertiary/aromatic N) is 1. The average Bonchev–Trinajstić information content (AvgIpc) is 2.54. The largest absolute Gasteiger partial charge is 0.356 e. The van der Waals surface area contributed by atoms with Crippen molar-refractivity contribution < 1.29 is 9.59 Å². The third-order valence-electron chi connectivity index (χ3n) is 4.58. The summed E-state index contributed by atoms with van der Waals surface area (Å²) >= 11 is 0. The molecule has 0 heterocycles. The zero-order chi connectivity index (χ0) is 16.4. The van der Waals surface area contributed by atoms with Gasteiger partial charge in [-0.25, -0.2) is 0 Å². The van der Waals surface area contributed by atoms with Gasteiger partial charge in [0, 0.05) is 31.5 Å². The number of nitrogens with one attached hydrogen (secondary N) is 1. The first kappa shape index (κ1) is 19.0. The molecule has 0 atom stereocenters. The number of unbranched alkanes of at least 4 members (excludes halogenated alkanes) is 1. The molecule has 1 aliphatic carbocycles. The maximum atomic E-state index is 12.6. The number of carbonyl (C=O) groups excluding carboxylic acids is 2. The lowest BCUT2D eigenvalue weighted by molar-refractivity contribution is -0.138. The molecule has 0 saturated heterocycles. The van der Waals surface area contributed by atoms with Crippen LogP contribution in [0.25, 0.3) is 0 Å². The third kappa shape index (κ3) is 5.98. The van der Waals surface area contributed by atoms with E-state index in [9.17, 15) is 9.59 Å².